The molecule has 114 valence electrons. The second-order valence-corrected chi connectivity index (χ2v) is 8.78. The highest BCUT2D eigenvalue weighted by Gasteiger charge is 2.21. The Labute approximate surface area is 141 Å². The summed E-state index contributed by atoms with van der Waals surface area (Å²) < 4.78 is 0. The average Bonchev–Trinajstić information content (AvgIpc) is 3.18. The first-order chi connectivity index (χ1) is 10.7. The SMILES string of the molecule is Cc1nc(-c2cc3c(s2)CCN(Cc2cnc(N)s2)C3)cs1. The van der Waals surface area contributed by atoms with Crippen LogP contribution in [-0.4, -0.2) is 21.4 Å². The second kappa shape index (κ2) is 5.73. The van der Waals surface area contributed by atoms with Crippen LogP contribution in [0, 0.1) is 6.92 Å². The zero-order valence-corrected chi connectivity index (χ0v) is 14.7. The molecule has 0 atom stereocenters. The van der Waals surface area contributed by atoms with Crippen molar-refractivity contribution < 1.29 is 0 Å². The predicted molar refractivity (Wildman–Crippen MR) is 94.5 cm³/mol. The van der Waals surface area contributed by atoms with Crippen LogP contribution in [0.15, 0.2) is 17.6 Å². The first kappa shape index (κ1) is 14.3. The van der Waals surface area contributed by atoms with E-state index >= 15 is 0 Å². The molecule has 0 aromatic carbocycles. The van der Waals surface area contributed by atoms with Gasteiger partial charge in [0.15, 0.2) is 5.13 Å². The minimum Gasteiger partial charge on any atom is -0.375 e. The van der Waals surface area contributed by atoms with E-state index in [-0.39, 0.29) is 0 Å². The molecule has 2 N–H and O–H groups in total. The van der Waals surface area contributed by atoms with E-state index in [1.54, 1.807) is 22.7 Å². The lowest BCUT2D eigenvalue weighted by atomic mass is 10.1. The average molecular weight is 349 g/mol. The Morgan fingerprint density at radius 3 is 3.00 bits per heavy atom. The van der Waals surface area contributed by atoms with E-state index in [1.807, 2.05) is 17.5 Å². The number of nitrogens with two attached hydrogens (primary N) is 1. The molecule has 0 amide bonds. The number of thiazole rings is 2. The Balaban J connectivity index is 1.52. The molecule has 3 aromatic heterocycles. The molecular formula is C15H16N4S3. The summed E-state index contributed by atoms with van der Waals surface area (Å²) in [4.78, 5) is 15.3. The van der Waals surface area contributed by atoms with Crippen molar-refractivity contribution in [2.45, 2.75) is 26.4 Å². The van der Waals surface area contributed by atoms with E-state index in [9.17, 15) is 0 Å². The predicted octanol–water partition coefficient (Wildman–Crippen LogP) is 3.78. The zero-order valence-electron chi connectivity index (χ0n) is 12.2. The molecule has 3 aromatic rings. The van der Waals surface area contributed by atoms with Crippen molar-refractivity contribution in [3.05, 3.63) is 38.0 Å². The maximum Gasteiger partial charge on any atom is 0.180 e. The van der Waals surface area contributed by atoms with E-state index in [1.165, 1.54) is 20.2 Å². The fourth-order valence-electron chi connectivity index (χ4n) is 2.75. The van der Waals surface area contributed by atoms with Gasteiger partial charge in [-0.15, -0.1) is 34.0 Å². The van der Waals surface area contributed by atoms with Crippen molar-refractivity contribution in [2.24, 2.45) is 0 Å². The summed E-state index contributed by atoms with van der Waals surface area (Å²) in [6.45, 7) is 5.10. The fraction of sp³-hybridized carbons (Fsp3) is 0.333. The normalized spacial score (nSPS) is 15.1. The molecule has 0 saturated heterocycles. The number of aryl methyl sites for hydroxylation is 1. The molecule has 0 spiro atoms. The summed E-state index contributed by atoms with van der Waals surface area (Å²) >= 11 is 5.21. The van der Waals surface area contributed by atoms with Crippen molar-refractivity contribution in [1.82, 2.24) is 14.9 Å². The van der Waals surface area contributed by atoms with Gasteiger partial charge in [0.05, 0.1) is 15.6 Å². The van der Waals surface area contributed by atoms with Crippen molar-refractivity contribution in [3.63, 3.8) is 0 Å². The largest absolute Gasteiger partial charge is 0.375 e. The van der Waals surface area contributed by atoms with Crippen LogP contribution in [-0.2, 0) is 19.5 Å². The summed E-state index contributed by atoms with van der Waals surface area (Å²) in [5.41, 5.74) is 8.30. The van der Waals surface area contributed by atoms with Crippen LogP contribution < -0.4 is 5.73 Å². The van der Waals surface area contributed by atoms with Gasteiger partial charge in [-0.3, -0.25) is 4.90 Å². The molecular weight excluding hydrogens is 332 g/mol. The third-order valence-electron chi connectivity index (χ3n) is 3.77. The Morgan fingerprint density at radius 2 is 2.27 bits per heavy atom. The highest BCUT2D eigenvalue weighted by atomic mass is 32.1. The fourth-order valence-corrected chi connectivity index (χ4v) is 5.28. The summed E-state index contributed by atoms with van der Waals surface area (Å²) in [5.74, 6) is 0. The van der Waals surface area contributed by atoms with Crippen LogP contribution in [0.4, 0.5) is 5.13 Å². The van der Waals surface area contributed by atoms with Crippen LogP contribution in [0.2, 0.25) is 0 Å². The third kappa shape index (κ3) is 2.81. The number of rotatable bonds is 3. The molecule has 4 nitrogen and oxygen atoms in total. The lowest BCUT2D eigenvalue weighted by molar-refractivity contribution is 0.249. The first-order valence-corrected chi connectivity index (χ1v) is 9.65. The standard InChI is InChI=1S/C15H16N4S3/c1-9-18-12(8-20-9)14-4-10-6-19(3-2-13(10)22-14)7-11-5-17-15(16)21-11/h4-5,8H,2-3,6-7H2,1H3,(H2,16,17). The minimum absolute atomic E-state index is 0.657. The Morgan fingerprint density at radius 1 is 1.36 bits per heavy atom. The van der Waals surface area contributed by atoms with Crippen LogP contribution in [0.5, 0.6) is 0 Å². The van der Waals surface area contributed by atoms with Gasteiger partial charge in [-0.1, -0.05) is 0 Å². The van der Waals surface area contributed by atoms with Crippen LogP contribution in [0.1, 0.15) is 20.3 Å². The lowest BCUT2D eigenvalue weighted by Gasteiger charge is -2.25. The number of hydrogen-bond acceptors (Lipinski definition) is 7. The number of aromatic nitrogens is 2. The van der Waals surface area contributed by atoms with E-state index in [2.05, 4.69) is 33.2 Å². The van der Waals surface area contributed by atoms with Gasteiger partial charge in [0.1, 0.15) is 0 Å². The first-order valence-electron chi connectivity index (χ1n) is 7.14. The molecule has 0 radical (unpaired) electrons. The van der Waals surface area contributed by atoms with Gasteiger partial charge in [0, 0.05) is 41.0 Å². The molecule has 22 heavy (non-hydrogen) atoms. The van der Waals surface area contributed by atoms with Gasteiger partial charge in [-0.25, -0.2) is 9.97 Å². The molecule has 4 heterocycles. The topological polar surface area (TPSA) is 55.0 Å². The van der Waals surface area contributed by atoms with Crippen molar-refractivity contribution in [2.75, 3.05) is 12.3 Å². The summed E-state index contributed by atoms with van der Waals surface area (Å²) in [6.07, 6.45) is 3.02. The molecule has 0 saturated carbocycles. The third-order valence-corrected chi connectivity index (χ3v) is 6.61. The van der Waals surface area contributed by atoms with Gasteiger partial charge in [0.25, 0.3) is 0 Å². The van der Waals surface area contributed by atoms with E-state index < -0.39 is 0 Å². The lowest BCUT2D eigenvalue weighted by Crippen LogP contribution is -2.28. The van der Waals surface area contributed by atoms with E-state index in [4.69, 9.17) is 5.73 Å². The monoisotopic (exact) mass is 348 g/mol. The van der Waals surface area contributed by atoms with Crippen molar-refractivity contribution in [3.8, 4) is 10.6 Å². The molecule has 0 fully saturated rings. The summed E-state index contributed by atoms with van der Waals surface area (Å²) in [5, 5.41) is 3.94. The highest BCUT2D eigenvalue weighted by Crippen LogP contribution is 2.35. The molecule has 0 aliphatic carbocycles. The minimum atomic E-state index is 0.657. The molecule has 7 heteroatoms. The number of nitrogens with zero attached hydrogens (tertiary/aromatic N) is 3. The molecule has 0 bridgehead atoms. The van der Waals surface area contributed by atoms with Gasteiger partial charge in [-0.2, -0.15) is 0 Å². The second-order valence-electron chi connectivity index (χ2n) is 5.44. The van der Waals surface area contributed by atoms with Crippen molar-refractivity contribution in [1.29, 1.82) is 0 Å². The number of hydrogen-bond donors (Lipinski definition) is 1. The van der Waals surface area contributed by atoms with E-state index in [0.717, 1.165) is 36.8 Å². The molecule has 1 aliphatic heterocycles. The molecule has 4 rings (SSSR count). The summed E-state index contributed by atoms with van der Waals surface area (Å²) in [6, 6.07) is 2.32. The van der Waals surface area contributed by atoms with Crippen LogP contribution in [0.3, 0.4) is 0 Å². The Kier molecular flexibility index (Phi) is 3.73. The number of anilines is 1. The number of nitrogen functional groups attached to an aromatic ring is 1. The van der Waals surface area contributed by atoms with E-state index in [0.29, 0.717) is 5.13 Å². The molecule has 1 aliphatic rings. The maximum atomic E-state index is 5.71. The van der Waals surface area contributed by atoms with Gasteiger partial charge in [-0.05, 0) is 25.0 Å². The van der Waals surface area contributed by atoms with Crippen molar-refractivity contribution >= 4 is 39.1 Å². The number of fused-ring (bicyclic) bond motifs is 1. The van der Waals surface area contributed by atoms with Gasteiger partial charge >= 0.3 is 0 Å². The highest BCUT2D eigenvalue weighted by molar-refractivity contribution is 7.16. The maximum absolute atomic E-state index is 5.71. The zero-order chi connectivity index (χ0) is 15.1. The van der Waals surface area contributed by atoms with Crippen LogP contribution in [0.25, 0.3) is 10.6 Å². The molecule has 0 unspecified atom stereocenters. The summed E-state index contributed by atoms with van der Waals surface area (Å²) in [7, 11) is 0. The smallest absolute Gasteiger partial charge is 0.180 e. The Bertz CT molecular complexity index is 801. The van der Waals surface area contributed by atoms with Gasteiger partial charge in [0.2, 0.25) is 0 Å². The van der Waals surface area contributed by atoms with Gasteiger partial charge < -0.3 is 5.73 Å². The quantitative estimate of drug-likeness (QED) is 0.783. The number of thiophene rings is 1. The van der Waals surface area contributed by atoms with Crippen LogP contribution >= 0.6 is 34.0 Å². The Hall–Kier alpha value is -1.28.